The van der Waals surface area contributed by atoms with Gasteiger partial charge in [0.2, 0.25) is 0 Å². The van der Waals surface area contributed by atoms with Crippen LogP contribution in [-0.2, 0) is 10.9 Å². The number of alkyl halides is 3. The van der Waals surface area contributed by atoms with Crippen molar-refractivity contribution in [2.24, 2.45) is 5.92 Å². The van der Waals surface area contributed by atoms with E-state index in [-0.39, 0.29) is 0 Å². The van der Waals surface area contributed by atoms with Gasteiger partial charge in [-0.3, -0.25) is 0 Å². The second-order valence-corrected chi connectivity index (χ2v) is 5.51. The fourth-order valence-electron chi connectivity index (χ4n) is 2.06. The summed E-state index contributed by atoms with van der Waals surface area (Å²) in [5, 5.41) is 3.07. The molecule has 1 fully saturated rings. The molecule has 0 spiro atoms. The lowest BCUT2D eigenvalue weighted by atomic mass is 10.0. The largest absolute Gasteiger partial charge is 0.416 e. The van der Waals surface area contributed by atoms with Crippen LogP contribution in [-0.4, -0.2) is 19.8 Å². The van der Waals surface area contributed by atoms with Gasteiger partial charge in [-0.2, -0.15) is 13.2 Å². The normalized spacial score (nSPS) is 20.3. The molecule has 2 rings (SSSR count). The molecule has 0 radical (unpaired) electrons. The minimum Gasteiger partial charge on any atom is -0.384 e. The Kier molecular flexibility index (Phi) is 4.73. The molecule has 1 atom stereocenters. The number of benzene rings is 1. The summed E-state index contributed by atoms with van der Waals surface area (Å²) in [5.41, 5.74) is -0.168. The van der Waals surface area contributed by atoms with Gasteiger partial charge in [-0.15, -0.1) is 0 Å². The molecule has 106 valence electrons. The number of ether oxygens (including phenoxy) is 1. The Balaban J connectivity index is 2.02. The number of halogens is 4. The highest BCUT2D eigenvalue weighted by Crippen LogP contribution is 2.34. The monoisotopic (exact) mass is 337 g/mol. The first kappa shape index (κ1) is 14.7. The highest BCUT2D eigenvalue weighted by atomic mass is 79.9. The number of hydrogen-bond donors (Lipinski definition) is 1. The lowest BCUT2D eigenvalue weighted by Crippen LogP contribution is -2.24. The third-order valence-corrected chi connectivity index (χ3v) is 3.82. The van der Waals surface area contributed by atoms with Crippen LogP contribution < -0.4 is 5.32 Å². The van der Waals surface area contributed by atoms with E-state index in [1.54, 1.807) is 0 Å². The van der Waals surface area contributed by atoms with Crippen LogP contribution in [0.4, 0.5) is 18.9 Å². The Morgan fingerprint density at radius 3 is 2.79 bits per heavy atom. The highest BCUT2D eigenvalue weighted by Gasteiger charge is 2.31. The maximum atomic E-state index is 12.6. The Labute approximate surface area is 118 Å². The SMILES string of the molecule is FC(F)(F)c1ccc(Br)c(NCC2CCCOC2)c1. The lowest BCUT2D eigenvalue weighted by Gasteiger charge is -2.23. The molecule has 0 saturated carbocycles. The summed E-state index contributed by atoms with van der Waals surface area (Å²) in [6.45, 7) is 2.08. The molecule has 1 aromatic rings. The standard InChI is InChI=1S/C13H15BrF3NO/c14-11-4-3-10(13(15,16)17)6-12(11)18-7-9-2-1-5-19-8-9/h3-4,6,9,18H,1-2,5,7-8H2. The van der Waals surface area contributed by atoms with Crippen molar-refractivity contribution in [2.75, 3.05) is 25.1 Å². The lowest BCUT2D eigenvalue weighted by molar-refractivity contribution is -0.137. The Bertz CT molecular complexity index is 430. The van der Waals surface area contributed by atoms with E-state index in [4.69, 9.17) is 4.74 Å². The van der Waals surface area contributed by atoms with Crippen LogP contribution in [0.2, 0.25) is 0 Å². The van der Waals surface area contributed by atoms with E-state index in [1.807, 2.05) is 0 Å². The zero-order valence-corrected chi connectivity index (χ0v) is 11.9. The van der Waals surface area contributed by atoms with Crippen LogP contribution in [0.25, 0.3) is 0 Å². The topological polar surface area (TPSA) is 21.3 Å². The fourth-order valence-corrected chi connectivity index (χ4v) is 2.45. The smallest absolute Gasteiger partial charge is 0.384 e. The second-order valence-electron chi connectivity index (χ2n) is 4.66. The van der Waals surface area contributed by atoms with Gasteiger partial charge < -0.3 is 10.1 Å². The minimum absolute atomic E-state index is 0.357. The summed E-state index contributed by atoms with van der Waals surface area (Å²) in [6, 6.07) is 3.62. The minimum atomic E-state index is -4.31. The van der Waals surface area contributed by atoms with Gasteiger partial charge in [0.1, 0.15) is 0 Å². The summed E-state index contributed by atoms with van der Waals surface area (Å²) in [5.74, 6) is 0.357. The molecule has 2 nitrogen and oxygen atoms in total. The molecule has 0 aromatic heterocycles. The molecule has 19 heavy (non-hydrogen) atoms. The van der Waals surface area contributed by atoms with E-state index in [0.29, 0.717) is 29.2 Å². The second kappa shape index (κ2) is 6.13. The van der Waals surface area contributed by atoms with E-state index in [9.17, 15) is 13.2 Å². The van der Waals surface area contributed by atoms with Crippen molar-refractivity contribution in [3.63, 3.8) is 0 Å². The highest BCUT2D eigenvalue weighted by molar-refractivity contribution is 9.10. The van der Waals surface area contributed by atoms with Crippen LogP contribution in [0.5, 0.6) is 0 Å². The first-order valence-electron chi connectivity index (χ1n) is 6.15. The van der Waals surface area contributed by atoms with Crippen molar-refractivity contribution in [1.82, 2.24) is 0 Å². The zero-order chi connectivity index (χ0) is 13.9. The summed E-state index contributed by atoms with van der Waals surface area (Å²) >= 11 is 3.26. The molecular weight excluding hydrogens is 323 g/mol. The Morgan fingerprint density at radius 2 is 2.16 bits per heavy atom. The van der Waals surface area contributed by atoms with Gasteiger partial charge in [0, 0.05) is 23.3 Å². The average molecular weight is 338 g/mol. The average Bonchev–Trinajstić information content (AvgIpc) is 2.37. The van der Waals surface area contributed by atoms with E-state index in [2.05, 4.69) is 21.2 Å². The molecule has 1 N–H and O–H groups in total. The van der Waals surface area contributed by atoms with Crippen LogP contribution in [0.3, 0.4) is 0 Å². The summed E-state index contributed by atoms with van der Waals surface area (Å²) in [4.78, 5) is 0. The van der Waals surface area contributed by atoms with E-state index in [0.717, 1.165) is 31.6 Å². The third-order valence-electron chi connectivity index (χ3n) is 3.13. The van der Waals surface area contributed by atoms with E-state index < -0.39 is 11.7 Å². The molecule has 1 aliphatic heterocycles. The number of hydrogen-bond acceptors (Lipinski definition) is 2. The van der Waals surface area contributed by atoms with Gasteiger partial charge in [-0.05, 0) is 52.9 Å². The van der Waals surface area contributed by atoms with Crippen molar-refractivity contribution in [1.29, 1.82) is 0 Å². The van der Waals surface area contributed by atoms with Crippen LogP contribution >= 0.6 is 15.9 Å². The van der Waals surface area contributed by atoms with Crippen molar-refractivity contribution in [3.8, 4) is 0 Å². The van der Waals surface area contributed by atoms with Gasteiger partial charge in [-0.25, -0.2) is 0 Å². The van der Waals surface area contributed by atoms with E-state index in [1.165, 1.54) is 6.07 Å². The molecule has 1 saturated heterocycles. The van der Waals surface area contributed by atoms with Crippen LogP contribution in [0.15, 0.2) is 22.7 Å². The first-order valence-corrected chi connectivity index (χ1v) is 6.94. The van der Waals surface area contributed by atoms with Gasteiger partial charge in [0.25, 0.3) is 0 Å². The molecule has 0 aliphatic carbocycles. The van der Waals surface area contributed by atoms with Gasteiger partial charge in [-0.1, -0.05) is 0 Å². The van der Waals surface area contributed by atoms with Gasteiger partial charge in [0.05, 0.1) is 12.2 Å². The number of anilines is 1. The molecule has 1 heterocycles. The van der Waals surface area contributed by atoms with Gasteiger partial charge in [0.15, 0.2) is 0 Å². The first-order chi connectivity index (χ1) is 8.97. The van der Waals surface area contributed by atoms with Crippen molar-refractivity contribution < 1.29 is 17.9 Å². The molecule has 1 unspecified atom stereocenters. The summed E-state index contributed by atoms with van der Waals surface area (Å²) < 4.78 is 43.9. The summed E-state index contributed by atoms with van der Waals surface area (Å²) in [6.07, 6.45) is -2.26. The number of rotatable bonds is 3. The third kappa shape index (κ3) is 4.11. The fraction of sp³-hybridized carbons (Fsp3) is 0.538. The number of nitrogens with one attached hydrogen (secondary N) is 1. The molecule has 6 heteroatoms. The van der Waals surface area contributed by atoms with Crippen molar-refractivity contribution in [2.45, 2.75) is 19.0 Å². The molecule has 0 bridgehead atoms. The maximum absolute atomic E-state index is 12.6. The molecule has 1 aromatic carbocycles. The van der Waals surface area contributed by atoms with Crippen LogP contribution in [0, 0.1) is 5.92 Å². The molecule has 0 amide bonds. The van der Waals surface area contributed by atoms with E-state index >= 15 is 0 Å². The van der Waals surface area contributed by atoms with Gasteiger partial charge >= 0.3 is 6.18 Å². The Morgan fingerprint density at radius 1 is 1.37 bits per heavy atom. The zero-order valence-electron chi connectivity index (χ0n) is 10.3. The van der Waals surface area contributed by atoms with Crippen molar-refractivity contribution in [3.05, 3.63) is 28.2 Å². The quantitative estimate of drug-likeness (QED) is 0.887. The van der Waals surface area contributed by atoms with Crippen LogP contribution in [0.1, 0.15) is 18.4 Å². The Hall–Kier alpha value is -0.750. The molecule has 1 aliphatic rings. The predicted molar refractivity (Wildman–Crippen MR) is 71.2 cm³/mol. The molecular formula is C13H15BrF3NO. The predicted octanol–water partition coefficient (Wildman–Crippen LogP) is 4.31. The summed E-state index contributed by atoms with van der Waals surface area (Å²) in [7, 11) is 0. The maximum Gasteiger partial charge on any atom is 0.416 e. The van der Waals surface area contributed by atoms with Crippen molar-refractivity contribution >= 4 is 21.6 Å².